The third kappa shape index (κ3) is 3.16. The van der Waals surface area contributed by atoms with E-state index in [1.807, 2.05) is 31.3 Å². The Morgan fingerprint density at radius 1 is 1.30 bits per heavy atom. The lowest BCUT2D eigenvalue weighted by atomic mass is 9.95. The highest BCUT2D eigenvalue weighted by molar-refractivity contribution is 5.84. The van der Waals surface area contributed by atoms with Gasteiger partial charge >= 0.3 is 0 Å². The van der Waals surface area contributed by atoms with Crippen LogP contribution in [0.3, 0.4) is 0 Å². The summed E-state index contributed by atoms with van der Waals surface area (Å²) in [5.41, 5.74) is 3.07. The summed E-state index contributed by atoms with van der Waals surface area (Å²) in [7, 11) is 0. The van der Waals surface area contributed by atoms with Gasteiger partial charge in [-0.1, -0.05) is 37.0 Å². The molecule has 2 heteroatoms. The molecule has 0 aliphatic heterocycles. The number of hydrogen-bond donors (Lipinski definition) is 0. The van der Waals surface area contributed by atoms with Crippen LogP contribution in [0.5, 0.6) is 0 Å². The van der Waals surface area contributed by atoms with Gasteiger partial charge in [-0.2, -0.15) is 5.26 Å². The fourth-order valence-electron chi connectivity index (χ4n) is 2.16. The molecular weight excluding hydrogens is 244 g/mol. The summed E-state index contributed by atoms with van der Waals surface area (Å²) in [6.07, 6.45) is 4.50. The number of rotatable bonds is 3. The third-order valence-corrected chi connectivity index (χ3v) is 3.22. The number of benzene rings is 1. The Hall–Kier alpha value is -2.32. The van der Waals surface area contributed by atoms with Crippen molar-refractivity contribution in [2.75, 3.05) is 0 Å². The van der Waals surface area contributed by atoms with Crippen molar-refractivity contribution in [3.63, 3.8) is 0 Å². The van der Waals surface area contributed by atoms with Crippen molar-refractivity contribution in [3.8, 4) is 17.9 Å². The molecule has 1 heterocycles. The molecule has 0 saturated heterocycles. The molecule has 1 aromatic carbocycles. The summed E-state index contributed by atoms with van der Waals surface area (Å²) in [5.74, 6) is 6.37. The van der Waals surface area contributed by atoms with Crippen LogP contribution in [0.2, 0.25) is 0 Å². The minimum absolute atomic E-state index is 0.0208. The summed E-state index contributed by atoms with van der Waals surface area (Å²) < 4.78 is 0. The van der Waals surface area contributed by atoms with Gasteiger partial charge in [0.05, 0.1) is 11.6 Å². The van der Waals surface area contributed by atoms with Crippen LogP contribution < -0.4 is 0 Å². The number of fused-ring (bicyclic) bond motifs is 1. The third-order valence-electron chi connectivity index (χ3n) is 3.22. The normalized spacial score (nSPS) is 11.4. The zero-order valence-corrected chi connectivity index (χ0v) is 12.0. The van der Waals surface area contributed by atoms with Gasteiger partial charge in [-0.3, -0.25) is 4.98 Å². The van der Waals surface area contributed by atoms with Gasteiger partial charge in [0.1, 0.15) is 0 Å². The van der Waals surface area contributed by atoms with Crippen LogP contribution >= 0.6 is 0 Å². The Bertz CT molecular complexity index is 699. The first kappa shape index (κ1) is 14.1. The van der Waals surface area contributed by atoms with Crippen LogP contribution in [0.25, 0.3) is 10.9 Å². The molecule has 1 aromatic heterocycles. The smallest absolute Gasteiger partial charge is 0.0705 e. The zero-order chi connectivity index (χ0) is 14.4. The highest BCUT2D eigenvalue weighted by atomic mass is 14.7. The fraction of sp³-hybridized carbons (Fsp3) is 0.333. The van der Waals surface area contributed by atoms with Crippen LogP contribution in [0.1, 0.15) is 37.8 Å². The predicted molar refractivity (Wildman–Crippen MR) is 82.0 cm³/mol. The van der Waals surface area contributed by atoms with E-state index in [4.69, 9.17) is 5.26 Å². The second-order valence-electron chi connectivity index (χ2n) is 4.95. The molecular formula is C18H18N2. The van der Waals surface area contributed by atoms with Crippen LogP contribution in [-0.4, -0.2) is 4.98 Å². The Morgan fingerprint density at radius 2 is 2.10 bits per heavy atom. The van der Waals surface area contributed by atoms with Crippen LogP contribution in [-0.2, 0) is 6.42 Å². The molecule has 2 nitrogen and oxygen atoms in total. The number of unbranched alkanes of at least 4 members (excludes halogenated alkanes) is 1. The van der Waals surface area contributed by atoms with Crippen molar-refractivity contribution in [3.05, 3.63) is 41.6 Å². The predicted octanol–water partition coefficient (Wildman–Crippen LogP) is 4.09. The van der Waals surface area contributed by atoms with Crippen molar-refractivity contribution in [1.82, 2.24) is 4.98 Å². The zero-order valence-electron chi connectivity index (χ0n) is 12.0. The fourth-order valence-corrected chi connectivity index (χ4v) is 2.16. The molecule has 1 unspecified atom stereocenters. The number of nitriles is 1. The minimum atomic E-state index is -0.0208. The second-order valence-corrected chi connectivity index (χ2v) is 4.95. The Kier molecular flexibility index (Phi) is 4.75. The molecule has 2 rings (SSSR count). The van der Waals surface area contributed by atoms with Gasteiger partial charge in [-0.15, -0.1) is 0 Å². The van der Waals surface area contributed by atoms with E-state index in [9.17, 15) is 0 Å². The van der Waals surface area contributed by atoms with E-state index >= 15 is 0 Å². The first-order valence-corrected chi connectivity index (χ1v) is 7.01. The van der Waals surface area contributed by atoms with E-state index in [1.165, 1.54) is 0 Å². The van der Waals surface area contributed by atoms with Gasteiger partial charge in [-0.05, 0) is 31.4 Å². The average Bonchev–Trinajstić information content (AvgIpc) is 2.49. The van der Waals surface area contributed by atoms with Crippen molar-refractivity contribution in [2.45, 2.75) is 33.1 Å². The van der Waals surface area contributed by atoms with Crippen molar-refractivity contribution >= 4 is 10.9 Å². The lowest BCUT2D eigenvalue weighted by molar-refractivity contribution is 0.741. The second kappa shape index (κ2) is 6.73. The molecule has 2 aromatic rings. The quantitative estimate of drug-likeness (QED) is 0.781. The van der Waals surface area contributed by atoms with Crippen LogP contribution in [0, 0.1) is 29.1 Å². The summed E-state index contributed by atoms with van der Waals surface area (Å²) in [5, 5.41) is 10.2. The highest BCUT2D eigenvalue weighted by Crippen LogP contribution is 2.23. The van der Waals surface area contributed by atoms with Crippen molar-refractivity contribution < 1.29 is 0 Å². The summed E-state index contributed by atoms with van der Waals surface area (Å²) >= 11 is 0. The molecule has 0 fully saturated rings. The van der Waals surface area contributed by atoms with Crippen molar-refractivity contribution in [1.29, 1.82) is 5.26 Å². The van der Waals surface area contributed by atoms with E-state index in [0.717, 1.165) is 41.3 Å². The molecule has 0 bridgehead atoms. The van der Waals surface area contributed by atoms with Gasteiger partial charge in [0.15, 0.2) is 0 Å². The van der Waals surface area contributed by atoms with Crippen LogP contribution in [0.15, 0.2) is 30.5 Å². The summed E-state index contributed by atoms with van der Waals surface area (Å²) in [6.45, 7) is 4.06. The number of hydrogen-bond acceptors (Lipinski definition) is 2. The van der Waals surface area contributed by atoms with Crippen molar-refractivity contribution in [2.24, 2.45) is 5.92 Å². The van der Waals surface area contributed by atoms with E-state index in [2.05, 4.69) is 35.9 Å². The maximum Gasteiger partial charge on any atom is 0.0705 e. The van der Waals surface area contributed by atoms with Gasteiger partial charge in [0.2, 0.25) is 0 Å². The Balaban J connectivity index is 2.54. The average molecular weight is 262 g/mol. The molecule has 0 N–H and O–H groups in total. The maximum atomic E-state index is 9.07. The van der Waals surface area contributed by atoms with E-state index < -0.39 is 0 Å². The minimum Gasteiger partial charge on any atom is -0.255 e. The monoisotopic (exact) mass is 262 g/mol. The number of pyridine rings is 1. The van der Waals surface area contributed by atoms with Gasteiger partial charge in [-0.25, -0.2) is 0 Å². The summed E-state index contributed by atoms with van der Waals surface area (Å²) in [6, 6.07) is 10.4. The van der Waals surface area contributed by atoms with Gasteiger partial charge in [0, 0.05) is 29.5 Å². The highest BCUT2D eigenvalue weighted by Gasteiger charge is 2.10. The molecule has 0 amide bonds. The molecule has 100 valence electrons. The largest absolute Gasteiger partial charge is 0.255 e. The summed E-state index contributed by atoms with van der Waals surface area (Å²) in [4.78, 5) is 4.47. The molecule has 1 atom stereocenters. The molecule has 0 saturated carbocycles. The van der Waals surface area contributed by atoms with E-state index in [-0.39, 0.29) is 5.92 Å². The molecule has 0 aliphatic carbocycles. The Labute approximate surface area is 120 Å². The Morgan fingerprint density at radius 3 is 2.85 bits per heavy atom. The molecule has 0 spiro atoms. The maximum absolute atomic E-state index is 9.07. The van der Waals surface area contributed by atoms with Crippen LogP contribution in [0.4, 0.5) is 0 Å². The molecule has 0 radical (unpaired) electrons. The first-order valence-electron chi connectivity index (χ1n) is 7.01. The molecule has 20 heavy (non-hydrogen) atoms. The number of para-hydroxylation sites is 1. The van der Waals surface area contributed by atoms with Gasteiger partial charge in [0.25, 0.3) is 0 Å². The SMILES string of the molecule is CCCC#Cc1cnc2ccccc2c1CC(C)C#N. The lowest BCUT2D eigenvalue weighted by Gasteiger charge is -2.10. The lowest BCUT2D eigenvalue weighted by Crippen LogP contribution is -2.01. The topological polar surface area (TPSA) is 36.7 Å². The standard InChI is InChI=1S/C18H18N2/c1-3-4-5-8-15-13-20-18-10-7-6-9-16(18)17(15)11-14(2)12-19/h6-7,9-10,13-14H,3-4,11H2,1-2H3. The molecule has 0 aliphatic rings. The number of aromatic nitrogens is 1. The first-order chi connectivity index (χ1) is 9.76. The van der Waals surface area contributed by atoms with Gasteiger partial charge < -0.3 is 0 Å². The number of nitrogens with zero attached hydrogens (tertiary/aromatic N) is 2. The van der Waals surface area contributed by atoms with E-state index in [0.29, 0.717) is 0 Å². The van der Waals surface area contributed by atoms with E-state index in [1.54, 1.807) is 0 Å².